The van der Waals surface area contributed by atoms with Gasteiger partial charge in [-0.15, -0.1) is 0 Å². The van der Waals surface area contributed by atoms with Crippen LogP contribution in [0.3, 0.4) is 0 Å². The molecule has 0 N–H and O–H groups in total. The second-order valence-corrected chi connectivity index (χ2v) is 10.1. The number of hydrogen-bond acceptors (Lipinski definition) is 4. The lowest BCUT2D eigenvalue weighted by atomic mass is 9.71. The Labute approximate surface area is 136 Å². The second kappa shape index (κ2) is 8.57. The van der Waals surface area contributed by atoms with Crippen molar-refractivity contribution in [2.24, 2.45) is 17.8 Å². The van der Waals surface area contributed by atoms with Gasteiger partial charge in [0, 0.05) is 39.7 Å². The number of rotatable bonds is 7. The molecule has 0 heterocycles. The third-order valence-electron chi connectivity index (χ3n) is 5.74. The first-order chi connectivity index (χ1) is 10.6. The molecule has 0 aromatic heterocycles. The van der Waals surface area contributed by atoms with Gasteiger partial charge in [0.2, 0.25) is 0 Å². The van der Waals surface area contributed by atoms with E-state index in [-0.39, 0.29) is 0 Å². The molecule has 0 radical (unpaired) electrons. The maximum Gasteiger partial charge on any atom is 0.500 e. The number of ketones is 1. The van der Waals surface area contributed by atoms with Crippen molar-refractivity contribution in [3.63, 3.8) is 0 Å². The molecule has 0 aromatic carbocycles. The summed E-state index contributed by atoms with van der Waals surface area (Å²) in [6.07, 6.45) is 8.99. The molecule has 0 atom stereocenters. The molecular formula is C17H32O4Si. The van der Waals surface area contributed by atoms with Crippen LogP contribution < -0.4 is 0 Å². The minimum absolute atomic E-state index is 0.471. The van der Waals surface area contributed by atoms with Crippen LogP contribution in [0.4, 0.5) is 0 Å². The molecule has 0 aliphatic heterocycles. The van der Waals surface area contributed by atoms with Gasteiger partial charge in [0.1, 0.15) is 5.78 Å². The molecule has 22 heavy (non-hydrogen) atoms. The molecule has 128 valence electrons. The van der Waals surface area contributed by atoms with E-state index in [1.165, 1.54) is 25.7 Å². The highest BCUT2D eigenvalue weighted by Crippen LogP contribution is 2.39. The Morgan fingerprint density at radius 3 is 2.00 bits per heavy atom. The van der Waals surface area contributed by atoms with Crippen molar-refractivity contribution >= 4 is 14.6 Å². The van der Waals surface area contributed by atoms with Gasteiger partial charge in [0.25, 0.3) is 0 Å². The highest BCUT2D eigenvalue weighted by molar-refractivity contribution is 6.60. The maximum absolute atomic E-state index is 11.4. The molecular weight excluding hydrogens is 296 g/mol. The lowest BCUT2D eigenvalue weighted by molar-refractivity contribution is -0.121. The van der Waals surface area contributed by atoms with Crippen LogP contribution in [0, 0.1) is 17.8 Å². The zero-order chi connectivity index (χ0) is 16.0. The Morgan fingerprint density at radius 2 is 1.50 bits per heavy atom. The van der Waals surface area contributed by atoms with Gasteiger partial charge in [0.15, 0.2) is 0 Å². The smallest absolute Gasteiger partial charge is 0.377 e. The minimum Gasteiger partial charge on any atom is -0.377 e. The normalized spacial score (nSPS) is 28.0. The maximum atomic E-state index is 11.4. The van der Waals surface area contributed by atoms with Crippen LogP contribution in [0.25, 0.3) is 0 Å². The van der Waals surface area contributed by atoms with Gasteiger partial charge in [-0.1, -0.05) is 6.92 Å². The molecule has 2 aliphatic carbocycles. The van der Waals surface area contributed by atoms with Crippen molar-refractivity contribution in [1.29, 1.82) is 0 Å². The second-order valence-electron chi connectivity index (χ2n) is 6.91. The lowest BCUT2D eigenvalue weighted by Gasteiger charge is -2.36. The van der Waals surface area contributed by atoms with E-state index < -0.39 is 8.80 Å². The van der Waals surface area contributed by atoms with E-state index in [4.69, 9.17) is 13.3 Å². The van der Waals surface area contributed by atoms with Gasteiger partial charge in [-0.2, -0.15) is 0 Å². The van der Waals surface area contributed by atoms with Crippen LogP contribution >= 0.6 is 0 Å². The fraction of sp³-hybridized carbons (Fsp3) is 0.941. The van der Waals surface area contributed by atoms with E-state index >= 15 is 0 Å². The van der Waals surface area contributed by atoms with Gasteiger partial charge >= 0.3 is 8.80 Å². The summed E-state index contributed by atoms with van der Waals surface area (Å²) in [7, 11) is 0.994. The van der Waals surface area contributed by atoms with Gasteiger partial charge in [-0.25, -0.2) is 0 Å². The van der Waals surface area contributed by atoms with Crippen molar-refractivity contribution < 1.29 is 18.1 Å². The Balaban J connectivity index is 1.72. The van der Waals surface area contributed by atoms with Gasteiger partial charge in [-0.05, 0) is 56.3 Å². The average molecular weight is 329 g/mol. The first-order valence-electron chi connectivity index (χ1n) is 8.88. The molecule has 4 nitrogen and oxygen atoms in total. The van der Waals surface area contributed by atoms with Gasteiger partial charge in [0.05, 0.1) is 0 Å². The molecule has 0 saturated heterocycles. The largest absolute Gasteiger partial charge is 0.500 e. The molecule has 0 spiro atoms. The lowest BCUT2D eigenvalue weighted by Crippen LogP contribution is -2.44. The molecule has 5 heteroatoms. The standard InChI is InChI=1S/C17H32O4Si/c1-4-22(19-2,20-3)21-13-14-5-7-15(8-6-14)16-9-11-17(18)12-10-16/h14-16H,4-13H2,1-3H3. The van der Waals surface area contributed by atoms with Crippen molar-refractivity contribution in [1.82, 2.24) is 0 Å². The third-order valence-corrected chi connectivity index (χ3v) is 8.46. The molecule has 0 aromatic rings. The molecule has 0 unspecified atom stereocenters. The van der Waals surface area contributed by atoms with E-state index in [0.717, 1.165) is 50.2 Å². The minimum atomic E-state index is -2.40. The summed E-state index contributed by atoms with van der Waals surface area (Å²) in [6.45, 7) is 2.85. The van der Waals surface area contributed by atoms with Gasteiger partial charge < -0.3 is 13.3 Å². The summed E-state index contributed by atoms with van der Waals surface area (Å²) < 4.78 is 17.1. The summed E-state index contributed by atoms with van der Waals surface area (Å²) >= 11 is 0. The van der Waals surface area contributed by atoms with E-state index in [0.29, 0.717) is 11.7 Å². The number of Topliss-reactive ketones (excluding diaryl/α,β-unsaturated/α-hetero) is 1. The third kappa shape index (κ3) is 4.63. The summed E-state index contributed by atoms with van der Waals surface area (Å²) in [5.41, 5.74) is 0. The molecule has 0 amide bonds. The van der Waals surface area contributed by atoms with Crippen LogP contribution in [0.1, 0.15) is 58.3 Å². The first kappa shape index (κ1) is 18.1. The SMILES string of the molecule is CC[Si](OC)(OC)OCC1CCC(C2CCC(=O)CC2)CC1. The molecule has 2 aliphatic rings. The fourth-order valence-corrected chi connectivity index (χ4v) is 5.77. The van der Waals surface area contributed by atoms with Crippen LogP contribution in [-0.4, -0.2) is 35.4 Å². The highest BCUT2D eigenvalue weighted by atomic mass is 28.4. The molecule has 2 fully saturated rings. The van der Waals surface area contributed by atoms with E-state index in [9.17, 15) is 4.79 Å². The number of carbonyl (C=O) groups excluding carboxylic acids is 1. The van der Waals surface area contributed by atoms with Crippen molar-refractivity contribution in [2.45, 2.75) is 64.3 Å². The molecule has 0 bridgehead atoms. The van der Waals surface area contributed by atoms with Crippen molar-refractivity contribution in [2.75, 3.05) is 20.8 Å². The number of hydrogen-bond donors (Lipinski definition) is 0. The van der Waals surface area contributed by atoms with E-state index in [2.05, 4.69) is 6.92 Å². The highest BCUT2D eigenvalue weighted by Gasteiger charge is 2.38. The molecule has 2 saturated carbocycles. The summed E-state index contributed by atoms with van der Waals surface area (Å²) in [4.78, 5) is 11.4. The Kier molecular flexibility index (Phi) is 7.06. The summed E-state index contributed by atoms with van der Waals surface area (Å²) in [6, 6.07) is 0.825. The zero-order valence-electron chi connectivity index (χ0n) is 14.4. The van der Waals surface area contributed by atoms with Crippen LogP contribution in [0.15, 0.2) is 0 Å². The zero-order valence-corrected chi connectivity index (χ0v) is 15.4. The van der Waals surface area contributed by atoms with Crippen LogP contribution in [-0.2, 0) is 18.1 Å². The predicted octanol–water partition coefficient (Wildman–Crippen LogP) is 3.82. The van der Waals surface area contributed by atoms with E-state index in [1.807, 2.05) is 0 Å². The Bertz CT molecular complexity index is 330. The Hall–Kier alpha value is -0.233. The monoisotopic (exact) mass is 328 g/mol. The summed E-state index contributed by atoms with van der Waals surface area (Å²) in [5, 5.41) is 0. The van der Waals surface area contributed by atoms with E-state index in [1.54, 1.807) is 14.2 Å². The quantitative estimate of drug-likeness (QED) is 0.666. The average Bonchev–Trinajstić information content (AvgIpc) is 2.58. The first-order valence-corrected chi connectivity index (χ1v) is 10.8. The summed E-state index contributed by atoms with van der Waals surface area (Å²) in [5.74, 6) is 2.74. The molecule has 2 rings (SSSR count). The van der Waals surface area contributed by atoms with Crippen LogP contribution in [0.2, 0.25) is 6.04 Å². The fourth-order valence-electron chi connectivity index (χ4n) is 4.10. The van der Waals surface area contributed by atoms with Gasteiger partial charge in [-0.3, -0.25) is 4.79 Å². The van der Waals surface area contributed by atoms with Crippen molar-refractivity contribution in [3.8, 4) is 0 Å². The number of carbonyl (C=O) groups is 1. The van der Waals surface area contributed by atoms with Crippen molar-refractivity contribution in [3.05, 3.63) is 0 Å². The predicted molar refractivity (Wildman–Crippen MR) is 88.6 cm³/mol. The topological polar surface area (TPSA) is 44.8 Å². The van der Waals surface area contributed by atoms with Crippen LogP contribution in [0.5, 0.6) is 0 Å². The Morgan fingerprint density at radius 1 is 0.955 bits per heavy atom.